The lowest BCUT2D eigenvalue weighted by molar-refractivity contribution is -0.230. The van der Waals surface area contributed by atoms with E-state index in [1.54, 1.807) is 34.6 Å². The Morgan fingerprint density at radius 1 is 0.891 bits per heavy atom. The Bertz CT molecular complexity index is 2130. The van der Waals surface area contributed by atoms with Crippen LogP contribution in [0.25, 0.3) is 0 Å². The average Bonchev–Trinajstić information content (AvgIpc) is 3.73. The Labute approximate surface area is 377 Å². The lowest BCUT2D eigenvalue weighted by Gasteiger charge is -2.63. The summed E-state index contributed by atoms with van der Waals surface area (Å²) in [5, 5.41) is 32.7. The van der Waals surface area contributed by atoms with Crippen molar-refractivity contribution in [1.29, 1.82) is 0 Å². The van der Waals surface area contributed by atoms with Crippen molar-refractivity contribution in [2.24, 2.45) is 57.2 Å². The summed E-state index contributed by atoms with van der Waals surface area (Å²) < 4.78 is 66.5. The standard InChI is InChI=1S/C25H31ClF2O5.C24H33FO6/c1-5-21(32)33-25(20(31)12-26)13(2)8-15-16-10-18(27)17-9-14(29)6-7-22(17,3)24(16,28)19(30)11-23(15,25)4;1-21(2)30-19-9-14-13-8-16(25)15-7-12(27)5-6-22(15,3)20(13)17(28)10-23(14,4)24(19,31-21)18(29)11-26/h6-7,9,13,15-16,18-19,30H,5,8,10-12H2,1-4H3;7,13-14,16-17,19-20,26,28H,5-6,8-11H2,1-4H3/t13-,15-,16-,18-,19-,22-,23-,24-,25-;13-,14-,16-,17-,19+,20+,22-,23-,24+/m00/s1. The molecule has 7 fully saturated rings. The molecule has 0 aromatic heterocycles. The molecule has 354 valence electrons. The minimum absolute atomic E-state index is 0.0431. The first-order valence-electron chi connectivity index (χ1n) is 23.1. The van der Waals surface area contributed by atoms with Crippen LogP contribution in [0.15, 0.2) is 35.5 Å². The van der Waals surface area contributed by atoms with E-state index < -0.39 is 129 Å². The number of Topliss-reactive ketones (excluding diaryl/α,β-unsaturated/α-hetero) is 2. The second-order valence-electron chi connectivity index (χ2n) is 21.9. The zero-order chi connectivity index (χ0) is 47.1. The first kappa shape index (κ1) is 47.7. The summed E-state index contributed by atoms with van der Waals surface area (Å²) in [6, 6.07) is 0. The third-order valence-electron chi connectivity index (χ3n) is 18.7. The maximum Gasteiger partial charge on any atom is 0.306 e. The van der Waals surface area contributed by atoms with Gasteiger partial charge in [-0.2, -0.15) is 0 Å². The Kier molecular flexibility index (Phi) is 11.5. The molecule has 8 aliphatic carbocycles. The van der Waals surface area contributed by atoms with E-state index >= 15 is 13.2 Å². The summed E-state index contributed by atoms with van der Waals surface area (Å²) in [5.74, 6) is -5.74. The Morgan fingerprint density at radius 2 is 1.56 bits per heavy atom. The average molecular weight is 921 g/mol. The Hall–Kier alpha value is -2.75. The van der Waals surface area contributed by atoms with Gasteiger partial charge in [0.25, 0.3) is 0 Å². The number of esters is 1. The molecular formula is C49H64ClF3O11. The highest BCUT2D eigenvalue weighted by atomic mass is 35.5. The van der Waals surface area contributed by atoms with Crippen LogP contribution in [0, 0.1) is 57.2 Å². The molecule has 0 aromatic carbocycles. The van der Waals surface area contributed by atoms with Crippen LogP contribution in [0.4, 0.5) is 13.2 Å². The number of halogens is 4. The van der Waals surface area contributed by atoms with Gasteiger partial charge < -0.3 is 29.5 Å². The number of hydrogen-bond donors (Lipinski definition) is 3. The molecule has 0 radical (unpaired) electrons. The molecule has 0 unspecified atom stereocenters. The molecule has 1 aliphatic heterocycles. The number of aliphatic hydroxyl groups excluding tert-OH is 3. The molecule has 0 amide bonds. The molecule has 18 atom stereocenters. The van der Waals surface area contributed by atoms with E-state index in [9.17, 15) is 39.3 Å². The van der Waals surface area contributed by atoms with Crippen molar-refractivity contribution < 1.29 is 66.7 Å². The van der Waals surface area contributed by atoms with E-state index in [1.165, 1.54) is 25.2 Å². The van der Waals surface area contributed by atoms with Crippen molar-refractivity contribution in [1.82, 2.24) is 0 Å². The maximum absolute atomic E-state index is 17.2. The number of ether oxygens (including phenoxy) is 3. The highest BCUT2D eigenvalue weighted by Crippen LogP contribution is 2.73. The van der Waals surface area contributed by atoms with Crippen molar-refractivity contribution in [3.05, 3.63) is 35.5 Å². The minimum atomic E-state index is -2.25. The summed E-state index contributed by atoms with van der Waals surface area (Å²) in [7, 11) is 0. The number of alkyl halides is 4. The molecule has 0 spiro atoms. The number of carbonyl (C=O) groups is 5. The van der Waals surface area contributed by atoms with E-state index in [2.05, 4.69) is 0 Å². The van der Waals surface area contributed by atoms with Crippen molar-refractivity contribution in [2.45, 2.75) is 166 Å². The zero-order valence-corrected chi connectivity index (χ0v) is 38.8. The number of rotatable bonds is 6. The SMILES string of the molecule is CC1(C)O[C@@H]2C[C@H]3[C@@H]4C[C@H](F)C5=CC(=O)CC[C@]5(C)[C@H]4[C@@H](O)C[C@]3(C)[C@]2(C(=O)CO)O1.CCC(=O)O[C@]1(C(=O)CCl)[C@@H](C)C[C@H]2[C@@H]3C[C@H](F)C4=CC(=O)C=C[C@]4(C)[C@@]3(F)[C@@H](O)C[C@@]21C. The number of ketones is 4. The van der Waals surface area contributed by atoms with E-state index in [-0.39, 0.29) is 54.8 Å². The predicted octanol–water partition coefficient (Wildman–Crippen LogP) is 6.55. The molecule has 0 bridgehead atoms. The summed E-state index contributed by atoms with van der Waals surface area (Å²) in [5.41, 5.74) is -8.66. The van der Waals surface area contributed by atoms with Crippen molar-refractivity contribution in [3.63, 3.8) is 0 Å². The normalized spacial score (nSPS) is 50.5. The van der Waals surface area contributed by atoms with Crippen LogP contribution < -0.4 is 0 Å². The van der Waals surface area contributed by atoms with E-state index in [0.717, 1.165) is 6.08 Å². The van der Waals surface area contributed by atoms with Crippen LogP contribution in [0.1, 0.15) is 113 Å². The summed E-state index contributed by atoms with van der Waals surface area (Å²) in [6.45, 7) is 13.4. The van der Waals surface area contributed by atoms with Gasteiger partial charge in [-0.25, -0.2) is 13.2 Å². The summed E-state index contributed by atoms with van der Waals surface area (Å²) in [6.07, 6.45) is 1.46. The topological polar surface area (TPSA) is 174 Å². The Morgan fingerprint density at radius 3 is 2.20 bits per heavy atom. The summed E-state index contributed by atoms with van der Waals surface area (Å²) in [4.78, 5) is 62.9. The van der Waals surface area contributed by atoms with Gasteiger partial charge in [0.2, 0.25) is 0 Å². The predicted molar refractivity (Wildman–Crippen MR) is 227 cm³/mol. The fourth-order valence-corrected chi connectivity index (χ4v) is 16.3. The number of allylic oxidation sites excluding steroid dienone is 5. The molecule has 0 aromatic rings. The van der Waals surface area contributed by atoms with Crippen LogP contribution in [0.5, 0.6) is 0 Å². The van der Waals surface area contributed by atoms with Crippen LogP contribution in [0.2, 0.25) is 0 Å². The first-order chi connectivity index (χ1) is 29.7. The fourth-order valence-electron chi connectivity index (χ4n) is 16.1. The van der Waals surface area contributed by atoms with Crippen LogP contribution in [-0.2, 0) is 38.2 Å². The molecule has 6 saturated carbocycles. The molecule has 9 aliphatic rings. The number of fused-ring (bicyclic) bond motifs is 12. The third kappa shape index (κ3) is 6.05. The van der Waals surface area contributed by atoms with Crippen LogP contribution in [0.3, 0.4) is 0 Å². The molecule has 64 heavy (non-hydrogen) atoms. The van der Waals surface area contributed by atoms with Gasteiger partial charge in [-0.1, -0.05) is 40.7 Å². The van der Waals surface area contributed by atoms with E-state index in [1.807, 2.05) is 13.8 Å². The molecule has 3 N–H and O–H groups in total. The number of aliphatic hydroxyl groups is 3. The molecule has 15 heteroatoms. The van der Waals surface area contributed by atoms with Crippen molar-refractivity contribution in [2.75, 3.05) is 12.5 Å². The van der Waals surface area contributed by atoms with E-state index in [0.29, 0.717) is 37.7 Å². The summed E-state index contributed by atoms with van der Waals surface area (Å²) >= 11 is 5.97. The largest absolute Gasteiger partial charge is 0.450 e. The second kappa shape index (κ2) is 15.4. The van der Waals surface area contributed by atoms with Gasteiger partial charge in [0.1, 0.15) is 19.0 Å². The first-order valence-corrected chi connectivity index (χ1v) is 23.6. The number of carbonyl (C=O) groups excluding carboxylic acids is 5. The van der Waals surface area contributed by atoms with Gasteiger partial charge in [0.05, 0.1) is 24.2 Å². The molecule has 1 saturated heterocycles. The number of hydrogen-bond acceptors (Lipinski definition) is 11. The lowest BCUT2D eigenvalue weighted by atomic mass is 9.44. The van der Waals surface area contributed by atoms with Crippen molar-refractivity contribution >= 4 is 40.7 Å². The lowest BCUT2D eigenvalue weighted by Crippen LogP contribution is -2.71. The van der Waals surface area contributed by atoms with Crippen LogP contribution in [-0.4, -0.2) is 110 Å². The van der Waals surface area contributed by atoms with Gasteiger partial charge in [-0.3, -0.25) is 24.0 Å². The highest BCUT2D eigenvalue weighted by Gasteiger charge is 2.79. The zero-order valence-electron chi connectivity index (χ0n) is 38.1. The maximum atomic E-state index is 17.2. The van der Waals surface area contributed by atoms with Gasteiger partial charge in [0.15, 0.2) is 45.8 Å². The monoisotopic (exact) mass is 920 g/mol. The molecule has 9 rings (SSSR count). The Balaban J connectivity index is 0.000000175. The highest BCUT2D eigenvalue weighted by molar-refractivity contribution is 6.29. The second-order valence-corrected chi connectivity index (χ2v) is 22.2. The van der Waals surface area contributed by atoms with E-state index in [4.69, 9.17) is 25.8 Å². The smallest absolute Gasteiger partial charge is 0.306 e. The van der Waals surface area contributed by atoms with Crippen LogP contribution >= 0.6 is 11.6 Å². The minimum Gasteiger partial charge on any atom is -0.450 e. The fraction of sp³-hybridized carbons (Fsp3) is 0.776. The quantitative estimate of drug-likeness (QED) is 0.195. The molecule has 11 nitrogen and oxygen atoms in total. The van der Waals surface area contributed by atoms with Gasteiger partial charge >= 0.3 is 5.97 Å². The van der Waals surface area contributed by atoms with Gasteiger partial charge in [-0.05, 0) is 124 Å². The van der Waals surface area contributed by atoms with Gasteiger partial charge in [-0.15, -0.1) is 11.6 Å². The molecular weight excluding hydrogens is 857 g/mol. The third-order valence-corrected chi connectivity index (χ3v) is 18.9. The molecule has 1 heterocycles. The van der Waals surface area contributed by atoms with Crippen molar-refractivity contribution in [3.8, 4) is 0 Å². The van der Waals surface area contributed by atoms with Gasteiger partial charge in [0, 0.05) is 40.9 Å².